The summed E-state index contributed by atoms with van der Waals surface area (Å²) in [6, 6.07) is 7.54. The highest BCUT2D eigenvalue weighted by Gasteiger charge is 2.34. The molecule has 2 saturated heterocycles. The summed E-state index contributed by atoms with van der Waals surface area (Å²) in [6.07, 6.45) is 2.36. The maximum Gasteiger partial charge on any atom is 0.159 e. The second kappa shape index (κ2) is 6.63. The van der Waals surface area contributed by atoms with Gasteiger partial charge in [0.15, 0.2) is 6.29 Å². The van der Waals surface area contributed by atoms with Crippen molar-refractivity contribution in [2.24, 2.45) is 0 Å². The molecule has 0 aromatic heterocycles. The van der Waals surface area contributed by atoms with E-state index in [1.165, 1.54) is 0 Å². The number of hydrogen-bond acceptors (Lipinski definition) is 4. The number of aliphatic hydroxyl groups is 1. The quantitative estimate of drug-likeness (QED) is 0.927. The highest BCUT2D eigenvalue weighted by molar-refractivity contribution is 6.30. The van der Waals surface area contributed by atoms with Gasteiger partial charge in [0, 0.05) is 31.1 Å². The number of halogens is 1. The number of likely N-dealkylation sites (tertiary alicyclic amines) is 1. The molecule has 0 atom stereocenters. The first-order valence-electron chi connectivity index (χ1n) is 7.60. The van der Waals surface area contributed by atoms with Gasteiger partial charge in [-0.15, -0.1) is 0 Å². The predicted octanol–water partition coefficient (Wildman–Crippen LogP) is 2.39. The molecule has 1 aromatic carbocycles. The van der Waals surface area contributed by atoms with E-state index < -0.39 is 5.60 Å². The molecule has 2 aliphatic heterocycles. The number of nitrogens with zero attached hydrogens (tertiary/aromatic N) is 1. The zero-order valence-corrected chi connectivity index (χ0v) is 12.9. The molecular weight excluding hydrogens is 290 g/mol. The third-order valence-corrected chi connectivity index (χ3v) is 4.69. The highest BCUT2D eigenvalue weighted by atomic mass is 35.5. The summed E-state index contributed by atoms with van der Waals surface area (Å²) in [6.45, 7) is 4.17. The van der Waals surface area contributed by atoms with E-state index in [4.69, 9.17) is 21.1 Å². The van der Waals surface area contributed by atoms with E-state index in [-0.39, 0.29) is 6.29 Å². The van der Waals surface area contributed by atoms with Crippen molar-refractivity contribution in [3.63, 3.8) is 0 Å². The first kappa shape index (κ1) is 15.3. The standard InChI is InChI=1S/C16H22ClNO3/c17-14-3-1-13(2-4-14)16(19)6-9-18(10-7-16)8-5-15-20-11-12-21-15/h1-4,15,19H,5-12H2. The summed E-state index contributed by atoms with van der Waals surface area (Å²) in [5, 5.41) is 11.5. The number of benzene rings is 1. The van der Waals surface area contributed by atoms with Crippen molar-refractivity contribution in [1.29, 1.82) is 0 Å². The molecule has 2 aliphatic rings. The van der Waals surface area contributed by atoms with Crippen molar-refractivity contribution in [3.05, 3.63) is 34.9 Å². The van der Waals surface area contributed by atoms with Crippen LogP contribution in [0.15, 0.2) is 24.3 Å². The Morgan fingerprint density at radius 1 is 1.14 bits per heavy atom. The van der Waals surface area contributed by atoms with Gasteiger partial charge in [0.2, 0.25) is 0 Å². The van der Waals surface area contributed by atoms with Crippen LogP contribution in [0, 0.1) is 0 Å². The molecule has 2 heterocycles. The van der Waals surface area contributed by atoms with Gasteiger partial charge < -0.3 is 19.5 Å². The molecule has 0 bridgehead atoms. The zero-order valence-electron chi connectivity index (χ0n) is 12.1. The fourth-order valence-electron chi connectivity index (χ4n) is 3.06. The minimum Gasteiger partial charge on any atom is -0.385 e. The van der Waals surface area contributed by atoms with Gasteiger partial charge in [-0.05, 0) is 30.5 Å². The van der Waals surface area contributed by atoms with Crippen LogP contribution in [0.3, 0.4) is 0 Å². The monoisotopic (exact) mass is 311 g/mol. The second-order valence-electron chi connectivity index (χ2n) is 5.84. The van der Waals surface area contributed by atoms with Crippen molar-refractivity contribution in [1.82, 2.24) is 4.90 Å². The number of hydrogen-bond donors (Lipinski definition) is 1. The van der Waals surface area contributed by atoms with E-state index in [1.807, 2.05) is 24.3 Å². The maximum absolute atomic E-state index is 10.8. The fraction of sp³-hybridized carbons (Fsp3) is 0.625. The van der Waals surface area contributed by atoms with Gasteiger partial charge in [-0.3, -0.25) is 0 Å². The van der Waals surface area contributed by atoms with Gasteiger partial charge in [0.25, 0.3) is 0 Å². The Labute approximate surface area is 130 Å². The van der Waals surface area contributed by atoms with Crippen LogP contribution in [0.5, 0.6) is 0 Å². The smallest absolute Gasteiger partial charge is 0.159 e. The lowest BCUT2D eigenvalue weighted by molar-refractivity contribution is -0.0616. The average molecular weight is 312 g/mol. The molecule has 5 heteroatoms. The summed E-state index contributed by atoms with van der Waals surface area (Å²) in [5.41, 5.74) is 0.246. The maximum atomic E-state index is 10.8. The average Bonchev–Trinajstić information content (AvgIpc) is 3.01. The molecule has 2 fully saturated rings. The van der Waals surface area contributed by atoms with Crippen LogP contribution in [-0.4, -0.2) is 49.1 Å². The molecule has 4 nitrogen and oxygen atoms in total. The molecule has 0 saturated carbocycles. The summed E-state index contributed by atoms with van der Waals surface area (Å²) in [4.78, 5) is 2.37. The minimum absolute atomic E-state index is 0.0397. The Bertz CT molecular complexity index is 451. The van der Waals surface area contributed by atoms with Crippen molar-refractivity contribution in [3.8, 4) is 0 Å². The lowest BCUT2D eigenvalue weighted by Gasteiger charge is -2.38. The van der Waals surface area contributed by atoms with Gasteiger partial charge in [0.05, 0.1) is 18.8 Å². The summed E-state index contributed by atoms with van der Waals surface area (Å²) in [5.74, 6) is 0. The van der Waals surface area contributed by atoms with Crippen molar-refractivity contribution >= 4 is 11.6 Å². The van der Waals surface area contributed by atoms with Gasteiger partial charge >= 0.3 is 0 Å². The normalized spacial score (nSPS) is 23.5. The van der Waals surface area contributed by atoms with Crippen LogP contribution in [0.2, 0.25) is 5.02 Å². The zero-order chi connectivity index (χ0) is 14.7. The molecule has 1 aromatic rings. The second-order valence-corrected chi connectivity index (χ2v) is 6.28. The largest absolute Gasteiger partial charge is 0.385 e. The summed E-state index contributed by atoms with van der Waals surface area (Å²) >= 11 is 5.91. The van der Waals surface area contributed by atoms with Crippen molar-refractivity contribution in [2.45, 2.75) is 31.2 Å². The first-order chi connectivity index (χ1) is 10.2. The van der Waals surface area contributed by atoms with Crippen LogP contribution in [0.25, 0.3) is 0 Å². The first-order valence-corrected chi connectivity index (χ1v) is 7.97. The van der Waals surface area contributed by atoms with Gasteiger partial charge in [-0.1, -0.05) is 23.7 Å². The van der Waals surface area contributed by atoms with E-state index in [2.05, 4.69) is 4.90 Å². The van der Waals surface area contributed by atoms with E-state index in [0.717, 1.165) is 44.5 Å². The van der Waals surface area contributed by atoms with E-state index in [9.17, 15) is 5.11 Å². The molecule has 0 spiro atoms. The third kappa shape index (κ3) is 3.76. The topological polar surface area (TPSA) is 41.9 Å². The lowest BCUT2D eigenvalue weighted by Crippen LogP contribution is -2.43. The lowest BCUT2D eigenvalue weighted by atomic mass is 9.84. The summed E-state index contributed by atoms with van der Waals surface area (Å²) < 4.78 is 10.9. The Kier molecular flexibility index (Phi) is 4.82. The van der Waals surface area contributed by atoms with Crippen LogP contribution < -0.4 is 0 Å². The van der Waals surface area contributed by atoms with E-state index >= 15 is 0 Å². The number of piperidine rings is 1. The Morgan fingerprint density at radius 2 is 1.76 bits per heavy atom. The minimum atomic E-state index is -0.721. The van der Waals surface area contributed by atoms with Gasteiger partial charge in [0.1, 0.15) is 0 Å². The molecular formula is C16H22ClNO3. The van der Waals surface area contributed by atoms with Gasteiger partial charge in [-0.25, -0.2) is 0 Å². The highest BCUT2D eigenvalue weighted by Crippen LogP contribution is 2.33. The van der Waals surface area contributed by atoms with Gasteiger partial charge in [-0.2, -0.15) is 0 Å². The van der Waals surface area contributed by atoms with Crippen molar-refractivity contribution in [2.75, 3.05) is 32.8 Å². The van der Waals surface area contributed by atoms with Crippen LogP contribution in [-0.2, 0) is 15.1 Å². The van der Waals surface area contributed by atoms with Crippen LogP contribution >= 0.6 is 11.6 Å². The van der Waals surface area contributed by atoms with Crippen LogP contribution in [0.1, 0.15) is 24.8 Å². The Morgan fingerprint density at radius 3 is 2.38 bits per heavy atom. The molecule has 0 aliphatic carbocycles. The summed E-state index contributed by atoms with van der Waals surface area (Å²) in [7, 11) is 0. The SMILES string of the molecule is OC1(c2ccc(Cl)cc2)CCN(CCC2OCCO2)CC1. The third-order valence-electron chi connectivity index (χ3n) is 4.44. The number of rotatable bonds is 4. The van der Waals surface area contributed by atoms with Crippen molar-refractivity contribution < 1.29 is 14.6 Å². The predicted molar refractivity (Wildman–Crippen MR) is 81.3 cm³/mol. The molecule has 0 radical (unpaired) electrons. The molecule has 1 N–H and O–H groups in total. The Hall–Kier alpha value is -0.650. The van der Waals surface area contributed by atoms with Crippen LogP contribution in [0.4, 0.5) is 0 Å². The molecule has 0 amide bonds. The molecule has 21 heavy (non-hydrogen) atoms. The number of ether oxygens (including phenoxy) is 2. The Balaban J connectivity index is 1.50. The fourth-order valence-corrected chi connectivity index (χ4v) is 3.18. The van der Waals surface area contributed by atoms with E-state index in [0.29, 0.717) is 18.2 Å². The van der Waals surface area contributed by atoms with E-state index in [1.54, 1.807) is 0 Å². The molecule has 3 rings (SSSR count). The molecule has 0 unspecified atom stereocenters. The molecule has 116 valence electrons.